The molecule has 17 heavy (non-hydrogen) atoms. The van der Waals surface area contributed by atoms with Crippen molar-refractivity contribution in [2.24, 2.45) is 4.99 Å². The quantitative estimate of drug-likeness (QED) is 0.560. The second-order valence-corrected chi connectivity index (χ2v) is 4.22. The summed E-state index contributed by atoms with van der Waals surface area (Å²) in [6.07, 6.45) is 1.58. The Labute approximate surface area is 103 Å². The molecule has 0 unspecified atom stereocenters. The van der Waals surface area contributed by atoms with E-state index in [9.17, 15) is 0 Å². The van der Waals surface area contributed by atoms with Gasteiger partial charge in [-0.1, -0.05) is 38.1 Å². The first kappa shape index (κ1) is 13.9. The van der Waals surface area contributed by atoms with Crippen molar-refractivity contribution in [1.82, 2.24) is 0 Å². The number of aliphatic imine (C=N–C) groups is 1. The lowest BCUT2D eigenvalue weighted by molar-refractivity contribution is -0.0936. The Morgan fingerprint density at radius 2 is 1.71 bits per heavy atom. The highest BCUT2D eigenvalue weighted by atomic mass is 16.7. The van der Waals surface area contributed by atoms with Crippen LogP contribution in [0.2, 0.25) is 0 Å². The van der Waals surface area contributed by atoms with Crippen LogP contribution in [0.3, 0.4) is 0 Å². The Bertz CT molecular complexity index is 340. The van der Waals surface area contributed by atoms with E-state index in [0.717, 1.165) is 5.56 Å². The highest BCUT2D eigenvalue weighted by molar-refractivity contribution is 5.79. The maximum absolute atomic E-state index is 5.05. The third-order valence-corrected chi connectivity index (χ3v) is 2.62. The van der Waals surface area contributed by atoms with Gasteiger partial charge in [-0.05, 0) is 17.0 Å². The standard InChI is InChI=1S/C14H21NO2/c1-11(2)13-7-5-12(6-8-13)9-15-10-14(16-3)17-4/h5-9,11,14H,10H2,1-4H3. The smallest absolute Gasteiger partial charge is 0.176 e. The van der Waals surface area contributed by atoms with Gasteiger partial charge in [-0.2, -0.15) is 0 Å². The Hall–Kier alpha value is -1.19. The zero-order valence-corrected chi connectivity index (χ0v) is 11.0. The number of benzene rings is 1. The van der Waals surface area contributed by atoms with E-state index in [4.69, 9.17) is 9.47 Å². The zero-order valence-electron chi connectivity index (χ0n) is 11.0. The SMILES string of the molecule is COC(CN=Cc1ccc(C(C)C)cc1)OC. The van der Waals surface area contributed by atoms with Crippen LogP contribution >= 0.6 is 0 Å². The molecule has 3 nitrogen and oxygen atoms in total. The normalized spacial score (nSPS) is 11.9. The van der Waals surface area contributed by atoms with E-state index in [1.807, 2.05) is 6.21 Å². The molecule has 0 N–H and O–H groups in total. The van der Waals surface area contributed by atoms with Crippen molar-refractivity contribution in [3.05, 3.63) is 35.4 Å². The first-order chi connectivity index (χ1) is 8.17. The molecule has 0 amide bonds. The van der Waals surface area contributed by atoms with Gasteiger partial charge in [-0.15, -0.1) is 0 Å². The number of methoxy groups -OCH3 is 2. The summed E-state index contributed by atoms with van der Waals surface area (Å²) in [7, 11) is 3.22. The number of rotatable bonds is 6. The molecule has 3 heteroatoms. The molecule has 0 aliphatic heterocycles. The molecular formula is C14H21NO2. The van der Waals surface area contributed by atoms with Crippen molar-refractivity contribution in [2.45, 2.75) is 26.1 Å². The zero-order chi connectivity index (χ0) is 12.7. The summed E-state index contributed by atoms with van der Waals surface area (Å²) in [5.41, 5.74) is 2.44. The summed E-state index contributed by atoms with van der Waals surface area (Å²) in [6, 6.07) is 8.42. The topological polar surface area (TPSA) is 30.8 Å². The summed E-state index contributed by atoms with van der Waals surface area (Å²) in [4.78, 5) is 4.28. The largest absolute Gasteiger partial charge is 0.354 e. The van der Waals surface area contributed by atoms with E-state index in [1.54, 1.807) is 14.2 Å². The van der Waals surface area contributed by atoms with Crippen LogP contribution < -0.4 is 0 Å². The maximum Gasteiger partial charge on any atom is 0.176 e. The molecule has 0 aliphatic rings. The monoisotopic (exact) mass is 235 g/mol. The van der Waals surface area contributed by atoms with E-state index in [0.29, 0.717) is 12.5 Å². The average molecular weight is 235 g/mol. The minimum Gasteiger partial charge on any atom is -0.354 e. The molecule has 0 heterocycles. The van der Waals surface area contributed by atoms with Gasteiger partial charge < -0.3 is 9.47 Å². The minimum atomic E-state index is -0.263. The fraction of sp³-hybridized carbons (Fsp3) is 0.500. The molecule has 0 fully saturated rings. The minimum absolute atomic E-state index is 0.263. The predicted molar refractivity (Wildman–Crippen MR) is 70.8 cm³/mol. The van der Waals surface area contributed by atoms with Crippen LogP contribution in [-0.4, -0.2) is 33.3 Å². The maximum atomic E-state index is 5.05. The molecule has 0 radical (unpaired) electrons. The van der Waals surface area contributed by atoms with Crippen LogP contribution in [0, 0.1) is 0 Å². The second-order valence-electron chi connectivity index (χ2n) is 4.22. The third kappa shape index (κ3) is 4.67. The Morgan fingerprint density at radius 1 is 1.12 bits per heavy atom. The molecule has 0 saturated carbocycles. The van der Waals surface area contributed by atoms with Crippen LogP contribution in [-0.2, 0) is 9.47 Å². The average Bonchev–Trinajstić information content (AvgIpc) is 2.35. The van der Waals surface area contributed by atoms with E-state index >= 15 is 0 Å². The van der Waals surface area contributed by atoms with Crippen molar-refractivity contribution in [2.75, 3.05) is 20.8 Å². The molecule has 1 rings (SSSR count). The lowest BCUT2D eigenvalue weighted by Gasteiger charge is -2.09. The number of hydrogen-bond acceptors (Lipinski definition) is 3. The molecule has 0 aliphatic carbocycles. The molecule has 0 spiro atoms. The molecule has 0 bridgehead atoms. The third-order valence-electron chi connectivity index (χ3n) is 2.62. The van der Waals surface area contributed by atoms with Crippen LogP contribution in [0.15, 0.2) is 29.3 Å². The molecular weight excluding hydrogens is 214 g/mol. The van der Waals surface area contributed by atoms with E-state index in [2.05, 4.69) is 43.1 Å². The van der Waals surface area contributed by atoms with Gasteiger partial charge in [-0.25, -0.2) is 0 Å². The van der Waals surface area contributed by atoms with E-state index in [-0.39, 0.29) is 6.29 Å². The summed E-state index contributed by atoms with van der Waals surface area (Å²) >= 11 is 0. The summed E-state index contributed by atoms with van der Waals surface area (Å²) < 4.78 is 10.1. The first-order valence-electron chi connectivity index (χ1n) is 5.82. The van der Waals surface area contributed by atoms with Crippen molar-refractivity contribution < 1.29 is 9.47 Å². The van der Waals surface area contributed by atoms with Crippen molar-refractivity contribution in [1.29, 1.82) is 0 Å². The van der Waals surface area contributed by atoms with E-state index in [1.165, 1.54) is 5.56 Å². The number of nitrogens with zero attached hydrogens (tertiary/aromatic N) is 1. The molecule has 1 aromatic rings. The predicted octanol–water partition coefficient (Wildman–Crippen LogP) is 2.85. The molecule has 0 aromatic heterocycles. The van der Waals surface area contributed by atoms with Crippen molar-refractivity contribution in [3.63, 3.8) is 0 Å². The van der Waals surface area contributed by atoms with E-state index < -0.39 is 0 Å². The van der Waals surface area contributed by atoms with Crippen molar-refractivity contribution in [3.8, 4) is 0 Å². The summed E-state index contributed by atoms with van der Waals surface area (Å²) in [5.74, 6) is 0.562. The highest BCUT2D eigenvalue weighted by Gasteiger charge is 2.01. The number of hydrogen-bond donors (Lipinski definition) is 0. The summed E-state index contributed by atoms with van der Waals surface area (Å²) in [5, 5.41) is 0. The van der Waals surface area contributed by atoms with Gasteiger partial charge in [0.2, 0.25) is 0 Å². The fourth-order valence-corrected chi connectivity index (χ4v) is 1.46. The van der Waals surface area contributed by atoms with Crippen LogP contribution in [0.4, 0.5) is 0 Å². The lowest BCUT2D eigenvalue weighted by Crippen LogP contribution is -2.16. The van der Waals surface area contributed by atoms with Gasteiger partial charge in [0.25, 0.3) is 0 Å². The fourth-order valence-electron chi connectivity index (χ4n) is 1.46. The van der Waals surface area contributed by atoms with Gasteiger partial charge in [-0.3, -0.25) is 4.99 Å². The van der Waals surface area contributed by atoms with Gasteiger partial charge in [0, 0.05) is 20.4 Å². The summed E-state index contributed by atoms with van der Waals surface area (Å²) in [6.45, 7) is 4.88. The number of ether oxygens (including phenoxy) is 2. The second kappa shape index (κ2) is 7.20. The van der Waals surface area contributed by atoms with Gasteiger partial charge >= 0.3 is 0 Å². The first-order valence-corrected chi connectivity index (χ1v) is 5.82. The molecule has 94 valence electrons. The molecule has 0 atom stereocenters. The lowest BCUT2D eigenvalue weighted by atomic mass is 10.0. The Morgan fingerprint density at radius 3 is 2.18 bits per heavy atom. The Balaban J connectivity index is 2.54. The molecule has 1 aromatic carbocycles. The van der Waals surface area contributed by atoms with Crippen LogP contribution in [0.1, 0.15) is 30.9 Å². The van der Waals surface area contributed by atoms with Crippen LogP contribution in [0.5, 0.6) is 0 Å². The molecule has 0 saturated heterocycles. The van der Waals surface area contributed by atoms with Crippen LogP contribution in [0.25, 0.3) is 0 Å². The Kier molecular flexibility index (Phi) is 5.87. The van der Waals surface area contributed by atoms with Gasteiger partial charge in [0.05, 0.1) is 6.54 Å². The van der Waals surface area contributed by atoms with Gasteiger partial charge in [0.1, 0.15) is 0 Å². The highest BCUT2D eigenvalue weighted by Crippen LogP contribution is 2.13. The van der Waals surface area contributed by atoms with Crippen molar-refractivity contribution >= 4 is 6.21 Å². The van der Waals surface area contributed by atoms with Gasteiger partial charge in [0.15, 0.2) is 6.29 Å².